The zero-order valence-corrected chi connectivity index (χ0v) is 9.71. The van der Waals surface area contributed by atoms with Crippen molar-refractivity contribution in [2.45, 2.75) is 19.3 Å². The van der Waals surface area contributed by atoms with E-state index >= 15 is 0 Å². The van der Waals surface area contributed by atoms with Gasteiger partial charge in [0.2, 0.25) is 0 Å². The lowest BCUT2D eigenvalue weighted by Crippen LogP contribution is -2.06. The van der Waals surface area contributed by atoms with Crippen molar-refractivity contribution in [1.82, 2.24) is 0 Å². The van der Waals surface area contributed by atoms with Gasteiger partial charge in [-0.15, -0.1) is 0 Å². The minimum Gasteiger partial charge on any atom is -0.494 e. The van der Waals surface area contributed by atoms with Crippen LogP contribution in [-0.2, 0) is 4.79 Å². The van der Waals surface area contributed by atoms with Crippen molar-refractivity contribution in [2.75, 3.05) is 7.11 Å². The van der Waals surface area contributed by atoms with Crippen LogP contribution in [0.25, 0.3) is 0 Å². The van der Waals surface area contributed by atoms with Gasteiger partial charge in [-0.1, -0.05) is 18.5 Å². The zero-order chi connectivity index (χ0) is 12.3. The Hall–Kier alpha value is -1.29. The average Bonchev–Trinajstić information content (AvgIpc) is 2.16. The van der Waals surface area contributed by atoms with Gasteiger partial charge < -0.3 is 9.84 Å². The maximum absolute atomic E-state index is 13.8. The van der Waals surface area contributed by atoms with Crippen LogP contribution in [0.2, 0.25) is 5.02 Å². The summed E-state index contributed by atoms with van der Waals surface area (Å²) in [6.07, 6.45) is -0.177. The minimum absolute atomic E-state index is 0.0663. The van der Waals surface area contributed by atoms with Crippen molar-refractivity contribution in [3.63, 3.8) is 0 Å². The number of carboxylic acid groups (broad SMARTS) is 1. The molecule has 0 fully saturated rings. The number of hydrogen-bond donors (Lipinski definition) is 1. The van der Waals surface area contributed by atoms with Crippen molar-refractivity contribution in [2.24, 2.45) is 0 Å². The van der Waals surface area contributed by atoms with Crippen molar-refractivity contribution in [1.29, 1.82) is 0 Å². The van der Waals surface area contributed by atoms with Crippen LogP contribution in [-0.4, -0.2) is 18.2 Å². The number of carboxylic acids is 1. The summed E-state index contributed by atoms with van der Waals surface area (Å²) in [5.41, 5.74) is 0.184. The van der Waals surface area contributed by atoms with Gasteiger partial charge in [0, 0.05) is 10.6 Å². The number of carbonyl (C=O) groups is 1. The highest BCUT2D eigenvalue weighted by molar-refractivity contribution is 6.31. The molecule has 5 heteroatoms. The van der Waals surface area contributed by atoms with E-state index in [9.17, 15) is 9.18 Å². The summed E-state index contributed by atoms with van der Waals surface area (Å²) < 4.78 is 18.6. The standard InChI is InChI=1S/C11H12ClFO3/c1-6(5-9(14)15)10-7(12)3-4-8(16-2)11(10)13/h3-4,6H,5H2,1-2H3,(H,14,15). The van der Waals surface area contributed by atoms with E-state index in [2.05, 4.69) is 0 Å². The highest BCUT2D eigenvalue weighted by Gasteiger charge is 2.20. The van der Waals surface area contributed by atoms with Gasteiger partial charge in [0.05, 0.1) is 13.5 Å². The third kappa shape index (κ3) is 2.64. The second kappa shape index (κ2) is 5.16. The van der Waals surface area contributed by atoms with Gasteiger partial charge in [-0.3, -0.25) is 4.79 Å². The number of hydrogen-bond acceptors (Lipinski definition) is 2. The van der Waals surface area contributed by atoms with E-state index in [1.807, 2.05) is 0 Å². The molecule has 88 valence electrons. The van der Waals surface area contributed by atoms with Crippen LogP contribution in [0, 0.1) is 5.82 Å². The third-order valence-electron chi connectivity index (χ3n) is 2.28. The van der Waals surface area contributed by atoms with Crippen LogP contribution in [0.3, 0.4) is 0 Å². The first-order valence-corrected chi connectivity index (χ1v) is 5.08. The number of ether oxygens (including phenoxy) is 1. The molecule has 0 radical (unpaired) electrons. The van der Waals surface area contributed by atoms with Crippen molar-refractivity contribution >= 4 is 17.6 Å². The molecule has 1 aromatic rings. The molecule has 0 aliphatic rings. The molecule has 0 amide bonds. The van der Waals surface area contributed by atoms with Gasteiger partial charge in [0.25, 0.3) is 0 Å². The molecule has 0 heterocycles. The van der Waals surface area contributed by atoms with Crippen molar-refractivity contribution in [3.05, 3.63) is 28.5 Å². The van der Waals surface area contributed by atoms with Crippen LogP contribution in [0.1, 0.15) is 24.8 Å². The maximum atomic E-state index is 13.8. The predicted molar refractivity (Wildman–Crippen MR) is 58.6 cm³/mol. The third-order valence-corrected chi connectivity index (χ3v) is 2.61. The Bertz CT molecular complexity index is 406. The van der Waals surface area contributed by atoms with E-state index in [4.69, 9.17) is 21.4 Å². The molecule has 1 unspecified atom stereocenters. The molecule has 1 atom stereocenters. The smallest absolute Gasteiger partial charge is 0.303 e. The molecule has 0 saturated heterocycles. The van der Waals surface area contributed by atoms with Crippen LogP contribution in [0.15, 0.2) is 12.1 Å². The molecule has 0 bridgehead atoms. The van der Waals surface area contributed by atoms with Gasteiger partial charge in [-0.2, -0.15) is 0 Å². The van der Waals surface area contributed by atoms with E-state index in [1.165, 1.54) is 19.2 Å². The number of aliphatic carboxylic acids is 1. The largest absolute Gasteiger partial charge is 0.494 e. The molecule has 0 spiro atoms. The summed E-state index contributed by atoms with van der Waals surface area (Å²) >= 11 is 5.85. The summed E-state index contributed by atoms with van der Waals surface area (Å²) in [4.78, 5) is 10.6. The van der Waals surface area contributed by atoms with Crippen LogP contribution >= 0.6 is 11.6 Å². The second-order valence-electron chi connectivity index (χ2n) is 3.48. The van der Waals surface area contributed by atoms with Crippen molar-refractivity contribution in [3.8, 4) is 5.75 Å². The lowest BCUT2D eigenvalue weighted by molar-refractivity contribution is -0.137. The molecule has 0 aliphatic carbocycles. The van der Waals surface area contributed by atoms with Gasteiger partial charge in [0.15, 0.2) is 11.6 Å². The first-order valence-electron chi connectivity index (χ1n) is 4.71. The Morgan fingerprint density at radius 3 is 2.75 bits per heavy atom. The Kier molecular flexibility index (Phi) is 4.12. The summed E-state index contributed by atoms with van der Waals surface area (Å²) in [5.74, 6) is -2.02. The van der Waals surface area contributed by atoms with Crippen molar-refractivity contribution < 1.29 is 19.0 Å². The van der Waals surface area contributed by atoms with E-state index in [0.717, 1.165) is 0 Å². The molecule has 16 heavy (non-hydrogen) atoms. The van der Waals surface area contributed by atoms with Crippen LogP contribution < -0.4 is 4.74 Å². The summed E-state index contributed by atoms with van der Waals surface area (Å²) in [7, 11) is 1.35. The van der Waals surface area contributed by atoms with Gasteiger partial charge >= 0.3 is 5.97 Å². The Balaban J connectivity index is 3.15. The van der Waals surface area contributed by atoms with Gasteiger partial charge in [0.1, 0.15) is 0 Å². The number of methoxy groups -OCH3 is 1. The lowest BCUT2D eigenvalue weighted by Gasteiger charge is -2.14. The van der Waals surface area contributed by atoms with Crippen LogP contribution in [0.5, 0.6) is 5.75 Å². The number of rotatable bonds is 4. The molecule has 1 rings (SSSR count). The number of halogens is 2. The predicted octanol–water partition coefficient (Wildman–Crippen LogP) is 3.07. The normalized spacial score (nSPS) is 12.2. The fraction of sp³-hybridized carbons (Fsp3) is 0.364. The van der Waals surface area contributed by atoms with Gasteiger partial charge in [-0.05, 0) is 18.1 Å². The zero-order valence-electron chi connectivity index (χ0n) is 8.96. The summed E-state index contributed by atoms with van der Waals surface area (Å²) in [6.45, 7) is 1.61. The van der Waals surface area contributed by atoms with Crippen LogP contribution in [0.4, 0.5) is 4.39 Å². The minimum atomic E-state index is -0.995. The van der Waals surface area contributed by atoms with E-state index in [1.54, 1.807) is 6.92 Å². The average molecular weight is 247 g/mol. The Morgan fingerprint density at radius 1 is 1.62 bits per heavy atom. The van der Waals surface area contributed by atoms with Gasteiger partial charge in [-0.25, -0.2) is 4.39 Å². The SMILES string of the molecule is COc1ccc(Cl)c(C(C)CC(=O)O)c1F. The van der Waals surface area contributed by atoms with E-state index < -0.39 is 17.7 Å². The molecule has 0 saturated carbocycles. The summed E-state index contributed by atoms with van der Waals surface area (Å²) in [6, 6.07) is 2.91. The Labute approximate surface area is 97.8 Å². The summed E-state index contributed by atoms with van der Waals surface area (Å²) in [5, 5.41) is 8.87. The fourth-order valence-corrected chi connectivity index (χ4v) is 1.85. The first kappa shape index (κ1) is 12.8. The van der Waals surface area contributed by atoms with E-state index in [-0.39, 0.29) is 22.8 Å². The highest BCUT2D eigenvalue weighted by atomic mass is 35.5. The number of benzene rings is 1. The molecule has 1 N–H and O–H groups in total. The Morgan fingerprint density at radius 2 is 2.25 bits per heavy atom. The molecule has 3 nitrogen and oxygen atoms in total. The van der Waals surface area contributed by atoms with E-state index in [0.29, 0.717) is 0 Å². The highest BCUT2D eigenvalue weighted by Crippen LogP contribution is 2.34. The molecule has 1 aromatic carbocycles. The molecular weight excluding hydrogens is 235 g/mol. The maximum Gasteiger partial charge on any atom is 0.303 e. The second-order valence-corrected chi connectivity index (χ2v) is 3.88. The molecular formula is C11H12ClFO3. The first-order chi connectivity index (χ1) is 7.47. The topological polar surface area (TPSA) is 46.5 Å². The lowest BCUT2D eigenvalue weighted by atomic mass is 9.97. The fourth-order valence-electron chi connectivity index (χ4n) is 1.52. The molecule has 0 aromatic heterocycles. The molecule has 0 aliphatic heterocycles. The monoisotopic (exact) mass is 246 g/mol. The quantitative estimate of drug-likeness (QED) is 0.888.